The van der Waals surface area contributed by atoms with Gasteiger partial charge in [-0.2, -0.15) is 0 Å². The Balaban J connectivity index is 2.77. The van der Waals surface area contributed by atoms with Crippen LogP contribution in [0.5, 0.6) is 0 Å². The van der Waals surface area contributed by atoms with E-state index in [0.29, 0.717) is 12.0 Å². The Morgan fingerprint density at radius 1 is 1.18 bits per heavy atom. The normalized spacial score (nSPS) is 30.9. The van der Waals surface area contributed by atoms with Gasteiger partial charge in [0.05, 0.1) is 5.76 Å². The van der Waals surface area contributed by atoms with Gasteiger partial charge in [-0.1, -0.05) is 20.8 Å². The van der Waals surface area contributed by atoms with Gasteiger partial charge in [-0.25, -0.2) is 0 Å². The van der Waals surface area contributed by atoms with Gasteiger partial charge in [-0.15, -0.1) is 0 Å². The molecule has 2 atom stereocenters. The average molecular weight is 154 g/mol. The molecule has 0 amide bonds. The topological polar surface area (TPSA) is 9.23 Å². The van der Waals surface area contributed by atoms with Crippen molar-refractivity contribution in [2.75, 3.05) is 0 Å². The summed E-state index contributed by atoms with van der Waals surface area (Å²) in [5, 5.41) is 0. The fourth-order valence-electron chi connectivity index (χ4n) is 1.77. The van der Waals surface area contributed by atoms with Crippen molar-refractivity contribution >= 4 is 0 Å². The van der Waals surface area contributed by atoms with Crippen LogP contribution in [0.15, 0.2) is 11.3 Å². The Labute approximate surface area is 69.4 Å². The molecule has 1 nitrogen and oxygen atoms in total. The smallest absolute Gasteiger partial charge is 0.102 e. The zero-order valence-corrected chi connectivity index (χ0v) is 7.98. The van der Waals surface area contributed by atoms with Crippen LogP contribution >= 0.6 is 0 Å². The summed E-state index contributed by atoms with van der Waals surface area (Å²) in [6.07, 6.45) is 2.60. The minimum atomic E-state index is 0.403. The van der Waals surface area contributed by atoms with E-state index in [2.05, 4.69) is 27.7 Å². The summed E-state index contributed by atoms with van der Waals surface area (Å²) < 4.78 is 5.71. The SMILES string of the molecule is CCC1=C(CC)C(C)C(C)O1. The Hall–Kier alpha value is -0.460. The lowest BCUT2D eigenvalue weighted by Gasteiger charge is -2.10. The molecule has 0 aromatic heterocycles. The Morgan fingerprint density at radius 2 is 1.82 bits per heavy atom. The van der Waals surface area contributed by atoms with Crippen LogP contribution in [-0.2, 0) is 4.74 Å². The predicted octanol–water partition coefficient (Wildman–Crippen LogP) is 3.12. The van der Waals surface area contributed by atoms with E-state index in [1.54, 1.807) is 0 Å². The monoisotopic (exact) mass is 154 g/mol. The summed E-state index contributed by atoms with van der Waals surface area (Å²) in [4.78, 5) is 0. The zero-order valence-electron chi connectivity index (χ0n) is 7.98. The number of hydrogen-bond acceptors (Lipinski definition) is 1. The van der Waals surface area contributed by atoms with Gasteiger partial charge in [-0.3, -0.25) is 0 Å². The third-order valence-electron chi connectivity index (χ3n) is 2.64. The van der Waals surface area contributed by atoms with Crippen LogP contribution in [0.4, 0.5) is 0 Å². The van der Waals surface area contributed by atoms with Crippen molar-refractivity contribution in [3.63, 3.8) is 0 Å². The molecule has 1 heteroatoms. The van der Waals surface area contributed by atoms with Gasteiger partial charge in [-0.05, 0) is 18.9 Å². The molecule has 1 aliphatic rings. The Bertz CT molecular complexity index is 170. The van der Waals surface area contributed by atoms with Crippen molar-refractivity contribution < 1.29 is 4.74 Å². The van der Waals surface area contributed by atoms with E-state index in [1.807, 2.05) is 0 Å². The quantitative estimate of drug-likeness (QED) is 0.593. The van der Waals surface area contributed by atoms with Gasteiger partial charge in [0, 0.05) is 12.3 Å². The van der Waals surface area contributed by atoms with Gasteiger partial charge in [0.15, 0.2) is 0 Å². The third-order valence-corrected chi connectivity index (χ3v) is 2.64. The van der Waals surface area contributed by atoms with Crippen molar-refractivity contribution in [2.24, 2.45) is 5.92 Å². The Morgan fingerprint density at radius 3 is 2.18 bits per heavy atom. The molecule has 2 unspecified atom stereocenters. The minimum Gasteiger partial charge on any atom is -0.495 e. The lowest BCUT2D eigenvalue weighted by Crippen LogP contribution is -2.10. The summed E-state index contributed by atoms with van der Waals surface area (Å²) in [5.74, 6) is 1.88. The molecular weight excluding hydrogens is 136 g/mol. The van der Waals surface area contributed by atoms with Gasteiger partial charge >= 0.3 is 0 Å². The van der Waals surface area contributed by atoms with Gasteiger partial charge in [0.1, 0.15) is 6.10 Å². The molecule has 0 fully saturated rings. The molecule has 0 N–H and O–H groups in total. The molecule has 0 saturated heterocycles. The molecule has 0 aromatic rings. The number of ether oxygens (including phenoxy) is 1. The second kappa shape index (κ2) is 3.29. The van der Waals surface area contributed by atoms with Gasteiger partial charge in [0.25, 0.3) is 0 Å². The number of hydrogen-bond donors (Lipinski definition) is 0. The van der Waals surface area contributed by atoms with E-state index in [0.717, 1.165) is 12.8 Å². The van der Waals surface area contributed by atoms with Crippen LogP contribution in [0.3, 0.4) is 0 Å². The molecule has 0 radical (unpaired) electrons. The highest BCUT2D eigenvalue weighted by molar-refractivity contribution is 5.17. The first-order valence-corrected chi connectivity index (χ1v) is 4.59. The second-order valence-electron chi connectivity index (χ2n) is 3.27. The highest BCUT2D eigenvalue weighted by Gasteiger charge is 2.27. The first-order chi connectivity index (χ1) is 5.20. The van der Waals surface area contributed by atoms with Crippen molar-refractivity contribution in [1.82, 2.24) is 0 Å². The fraction of sp³-hybridized carbons (Fsp3) is 0.800. The zero-order chi connectivity index (χ0) is 8.43. The fourth-order valence-corrected chi connectivity index (χ4v) is 1.77. The summed E-state index contributed by atoms with van der Waals surface area (Å²) in [7, 11) is 0. The molecule has 1 rings (SSSR count). The maximum atomic E-state index is 5.71. The number of allylic oxidation sites excluding steroid dienone is 1. The number of rotatable bonds is 2. The molecule has 11 heavy (non-hydrogen) atoms. The average Bonchev–Trinajstić information content (AvgIpc) is 2.28. The highest BCUT2D eigenvalue weighted by Crippen LogP contribution is 2.33. The molecule has 0 saturated carbocycles. The van der Waals surface area contributed by atoms with E-state index in [4.69, 9.17) is 4.74 Å². The lowest BCUT2D eigenvalue weighted by molar-refractivity contribution is 0.129. The first kappa shape index (κ1) is 8.63. The molecule has 0 spiro atoms. The summed E-state index contributed by atoms with van der Waals surface area (Å²) in [6, 6.07) is 0. The molecule has 0 bridgehead atoms. The third kappa shape index (κ3) is 1.42. The molecular formula is C10H18O. The minimum absolute atomic E-state index is 0.403. The second-order valence-corrected chi connectivity index (χ2v) is 3.27. The van der Waals surface area contributed by atoms with E-state index in [9.17, 15) is 0 Å². The van der Waals surface area contributed by atoms with Gasteiger partial charge in [0.2, 0.25) is 0 Å². The molecule has 64 valence electrons. The highest BCUT2D eigenvalue weighted by atomic mass is 16.5. The van der Waals surface area contributed by atoms with Crippen molar-refractivity contribution in [3.8, 4) is 0 Å². The van der Waals surface area contributed by atoms with Crippen LogP contribution in [0.25, 0.3) is 0 Å². The van der Waals surface area contributed by atoms with E-state index in [1.165, 1.54) is 11.3 Å². The van der Waals surface area contributed by atoms with Crippen LogP contribution in [0.2, 0.25) is 0 Å². The molecule has 1 aliphatic heterocycles. The van der Waals surface area contributed by atoms with Crippen LogP contribution in [0, 0.1) is 5.92 Å². The predicted molar refractivity (Wildman–Crippen MR) is 47.3 cm³/mol. The molecule has 0 aliphatic carbocycles. The molecule has 0 aromatic carbocycles. The van der Waals surface area contributed by atoms with Crippen molar-refractivity contribution in [2.45, 2.75) is 46.6 Å². The first-order valence-electron chi connectivity index (χ1n) is 4.59. The maximum absolute atomic E-state index is 5.71. The van der Waals surface area contributed by atoms with Crippen LogP contribution in [-0.4, -0.2) is 6.10 Å². The Kier molecular flexibility index (Phi) is 2.58. The van der Waals surface area contributed by atoms with Crippen molar-refractivity contribution in [1.29, 1.82) is 0 Å². The molecule has 1 heterocycles. The summed E-state index contributed by atoms with van der Waals surface area (Å²) in [6.45, 7) is 8.79. The van der Waals surface area contributed by atoms with Gasteiger partial charge < -0.3 is 4.74 Å². The standard InChI is InChI=1S/C10H18O/c1-5-9-7(3)8(4)11-10(9)6-2/h7-8H,5-6H2,1-4H3. The van der Waals surface area contributed by atoms with Crippen LogP contribution in [0.1, 0.15) is 40.5 Å². The van der Waals surface area contributed by atoms with Crippen LogP contribution < -0.4 is 0 Å². The lowest BCUT2D eigenvalue weighted by atomic mass is 9.95. The maximum Gasteiger partial charge on any atom is 0.102 e. The van der Waals surface area contributed by atoms with E-state index in [-0.39, 0.29) is 0 Å². The van der Waals surface area contributed by atoms with E-state index >= 15 is 0 Å². The summed E-state index contributed by atoms with van der Waals surface area (Å²) in [5.41, 5.74) is 1.53. The summed E-state index contributed by atoms with van der Waals surface area (Å²) >= 11 is 0. The van der Waals surface area contributed by atoms with Crippen molar-refractivity contribution in [3.05, 3.63) is 11.3 Å². The largest absolute Gasteiger partial charge is 0.495 e. The van der Waals surface area contributed by atoms with E-state index < -0.39 is 0 Å².